The third-order valence-corrected chi connectivity index (χ3v) is 1.87. The van der Waals surface area contributed by atoms with Crippen molar-refractivity contribution >= 4 is 12.0 Å². The molecule has 0 aliphatic rings. The van der Waals surface area contributed by atoms with Gasteiger partial charge in [0.15, 0.2) is 11.6 Å². The highest BCUT2D eigenvalue weighted by Gasteiger charge is 2.17. The molecule has 0 heterocycles. The number of rotatable bonds is 4. The van der Waals surface area contributed by atoms with Crippen molar-refractivity contribution in [3.63, 3.8) is 0 Å². The van der Waals surface area contributed by atoms with Crippen LogP contribution in [0.2, 0.25) is 0 Å². The van der Waals surface area contributed by atoms with Crippen molar-refractivity contribution < 1.29 is 27.8 Å². The Morgan fingerprint density at radius 1 is 1.50 bits per heavy atom. The smallest absolute Gasteiger partial charge is 0.387 e. The van der Waals surface area contributed by atoms with Gasteiger partial charge >= 0.3 is 12.6 Å². The van der Waals surface area contributed by atoms with Gasteiger partial charge in [-0.3, -0.25) is 0 Å². The molecule has 94 valence electrons. The lowest BCUT2D eigenvalue weighted by atomic mass is 10.1. The lowest BCUT2D eigenvalue weighted by Gasteiger charge is -2.09. The van der Waals surface area contributed by atoms with Crippen LogP contribution in [0.15, 0.2) is 18.2 Å². The van der Waals surface area contributed by atoms with Gasteiger partial charge in [0.05, 0.1) is 0 Å². The zero-order chi connectivity index (χ0) is 13.7. The maximum Gasteiger partial charge on any atom is 0.387 e. The molecule has 4 nitrogen and oxygen atoms in total. The Kier molecular flexibility index (Phi) is 4.32. The number of carboxylic acids is 1. The highest BCUT2D eigenvalue weighted by molar-refractivity contribution is 5.86. The summed E-state index contributed by atoms with van der Waals surface area (Å²) in [6, 6.07) is 3.39. The minimum absolute atomic E-state index is 0.0306. The van der Waals surface area contributed by atoms with Crippen molar-refractivity contribution in [3.8, 4) is 11.8 Å². The number of nitrogens with zero attached hydrogens (tertiary/aromatic N) is 1. The SMILES string of the molecule is N#Cc1c(/C=C/C(=O)O)ccc(F)c1OC(F)F. The molecule has 1 N–H and O–H groups in total. The summed E-state index contributed by atoms with van der Waals surface area (Å²) >= 11 is 0. The molecule has 0 saturated heterocycles. The minimum atomic E-state index is -3.29. The number of carbonyl (C=O) groups is 1. The average molecular weight is 257 g/mol. The predicted octanol–water partition coefficient (Wildman–Crippen LogP) is 2.40. The molecule has 0 aliphatic heterocycles. The van der Waals surface area contributed by atoms with E-state index in [9.17, 15) is 18.0 Å². The van der Waals surface area contributed by atoms with Crippen molar-refractivity contribution in [1.29, 1.82) is 5.26 Å². The van der Waals surface area contributed by atoms with Crippen molar-refractivity contribution in [2.24, 2.45) is 0 Å². The molecular formula is C11H6F3NO3. The second kappa shape index (κ2) is 5.72. The first-order valence-electron chi connectivity index (χ1n) is 4.54. The normalized spacial score (nSPS) is 10.6. The summed E-state index contributed by atoms with van der Waals surface area (Å²) in [7, 11) is 0. The number of carboxylic acid groups (broad SMARTS) is 1. The molecule has 0 saturated carbocycles. The Morgan fingerprint density at radius 3 is 2.67 bits per heavy atom. The Bertz CT molecular complexity index is 535. The third kappa shape index (κ3) is 3.25. The van der Waals surface area contributed by atoms with E-state index in [1.54, 1.807) is 0 Å². The molecule has 18 heavy (non-hydrogen) atoms. The average Bonchev–Trinajstić information content (AvgIpc) is 2.29. The van der Waals surface area contributed by atoms with E-state index in [0.29, 0.717) is 6.08 Å². The Balaban J connectivity index is 3.30. The molecular weight excluding hydrogens is 251 g/mol. The van der Waals surface area contributed by atoms with Gasteiger partial charge in [-0.15, -0.1) is 0 Å². The Labute approximate surface area is 99.5 Å². The van der Waals surface area contributed by atoms with E-state index in [1.807, 2.05) is 0 Å². The van der Waals surface area contributed by atoms with Crippen molar-refractivity contribution in [2.75, 3.05) is 0 Å². The zero-order valence-corrected chi connectivity index (χ0v) is 8.73. The predicted molar refractivity (Wildman–Crippen MR) is 54.4 cm³/mol. The number of aliphatic carboxylic acids is 1. The van der Waals surface area contributed by atoms with Crippen LogP contribution in [-0.2, 0) is 4.79 Å². The van der Waals surface area contributed by atoms with Gasteiger partial charge in [-0.2, -0.15) is 14.0 Å². The van der Waals surface area contributed by atoms with Crippen LogP contribution in [0.25, 0.3) is 6.08 Å². The summed E-state index contributed by atoms with van der Waals surface area (Å²) in [5, 5.41) is 17.2. The largest absolute Gasteiger partial charge is 0.478 e. The van der Waals surface area contributed by atoms with Crippen molar-refractivity contribution in [1.82, 2.24) is 0 Å². The maximum atomic E-state index is 13.2. The molecule has 0 radical (unpaired) electrons. The minimum Gasteiger partial charge on any atom is -0.478 e. The van der Waals surface area contributed by atoms with Crippen molar-refractivity contribution in [3.05, 3.63) is 35.2 Å². The Hall–Kier alpha value is -2.49. The van der Waals surface area contributed by atoms with Crippen LogP contribution in [0, 0.1) is 17.1 Å². The van der Waals surface area contributed by atoms with Crippen LogP contribution in [-0.4, -0.2) is 17.7 Å². The first-order chi connectivity index (χ1) is 8.45. The second-order valence-corrected chi connectivity index (χ2v) is 3.00. The Morgan fingerprint density at radius 2 is 2.17 bits per heavy atom. The van der Waals surface area contributed by atoms with E-state index in [1.165, 1.54) is 6.07 Å². The molecule has 0 fully saturated rings. The highest BCUT2D eigenvalue weighted by Crippen LogP contribution is 2.28. The van der Waals surface area contributed by atoms with E-state index in [2.05, 4.69) is 4.74 Å². The molecule has 1 aromatic rings. The summed E-state index contributed by atoms with van der Waals surface area (Å²) in [6.45, 7) is -3.29. The van der Waals surface area contributed by atoms with Crippen molar-refractivity contribution in [2.45, 2.75) is 6.61 Å². The summed E-state index contributed by atoms with van der Waals surface area (Å²) < 4.78 is 41.2. The standard InChI is InChI=1S/C11H6F3NO3/c12-8-3-1-6(2-4-9(16)17)7(5-15)10(8)18-11(13)14/h1-4,11H,(H,16,17)/b4-2+. The van der Waals surface area contributed by atoms with Gasteiger partial charge in [-0.25, -0.2) is 9.18 Å². The summed E-state index contributed by atoms with van der Waals surface area (Å²) in [5.41, 5.74) is -0.523. The van der Waals surface area contributed by atoms with Crippen LogP contribution in [0.1, 0.15) is 11.1 Å². The molecule has 1 rings (SSSR count). The number of nitriles is 1. The molecule has 0 aliphatic carbocycles. The van der Waals surface area contributed by atoms with Gasteiger partial charge in [0.25, 0.3) is 0 Å². The van der Waals surface area contributed by atoms with Gasteiger partial charge in [0, 0.05) is 6.08 Å². The molecule has 0 atom stereocenters. The van der Waals surface area contributed by atoms with Gasteiger partial charge in [0.1, 0.15) is 11.6 Å². The zero-order valence-electron chi connectivity index (χ0n) is 8.73. The van der Waals surface area contributed by atoms with E-state index in [-0.39, 0.29) is 5.56 Å². The van der Waals surface area contributed by atoms with Crippen LogP contribution < -0.4 is 4.74 Å². The van der Waals surface area contributed by atoms with Crippen LogP contribution in [0.4, 0.5) is 13.2 Å². The first kappa shape index (κ1) is 13.6. The summed E-state index contributed by atoms with van der Waals surface area (Å²) in [5.74, 6) is -3.32. The lowest BCUT2D eigenvalue weighted by Crippen LogP contribution is -2.06. The topological polar surface area (TPSA) is 70.3 Å². The number of alkyl halides is 2. The number of benzene rings is 1. The molecule has 1 aromatic carbocycles. The molecule has 0 aromatic heterocycles. The fraction of sp³-hybridized carbons (Fsp3) is 0.0909. The number of hydrogen-bond acceptors (Lipinski definition) is 3. The van der Waals surface area contributed by atoms with Crippen LogP contribution in [0.3, 0.4) is 0 Å². The molecule has 0 bridgehead atoms. The first-order valence-corrected chi connectivity index (χ1v) is 4.54. The lowest BCUT2D eigenvalue weighted by molar-refractivity contribution is -0.131. The van der Waals surface area contributed by atoms with E-state index < -0.39 is 29.7 Å². The molecule has 0 unspecified atom stereocenters. The monoisotopic (exact) mass is 257 g/mol. The van der Waals surface area contributed by atoms with Gasteiger partial charge in [0.2, 0.25) is 0 Å². The highest BCUT2D eigenvalue weighted by atomic mass is 19.3. The molecule has 0 amide bonds. The fourth-order valence-corrected chi connectivity index (χ4v) is 1.19. The van der Waals surface area contributed by atoms with Crippen LogP contribution >= 0.6 is 0 Å². The number of ether oxygens (including phenoxy) is 1. The third-order valence-electron chi connectivity index (χ3n) is 1.87. The quantitative estimate of drug-likeness (QED) is 0.841. The maximum absolute atomic E-state index is 13.2. The summed E-state index contributed by atoms with van der Waals surface area (Å²) in [4.78, 5) is 10.3. The number of hydrogen-bond donors (Lipinski definition) is 1. The molecule has 7 heteroatoms. The number of halogens is 3. The van der Waals surface area contributed by atoms with Gasteiger partial charge in [-0.1, -0.05) is 6.07 Å². The molecule has 0 spiro atoms. The summed E-state index contributed by atoms with van der Waals surface area (Å²) in [6.07, 6.45) is 1.68. The van der Waals surface area contributed by atoms with Gasteiger partial charge < -0.3 is 9.84 Å². The van der Waals surface area contributed by atoms with Crippen LogP contribution in [0.5, 0.6) is 5.75 Å². The fourth-order valence-electron chi connectivity index (χ4n) is 1.19. The van der Waals surface area contributed by atoms with E-state index in [4.69, 9.17) is 10.4 Å². The van der Waals surface area contributed by atoms with E-state index in [0.717, 1.165) is 18.2 Å². The van der Waals surface area contributed by atoms with E-state index >= 15 is 0 Å². The van der Waals surface area contributed by atoms with Gasteiger partial charge in [-0.05, 0) is 17.7 Å². The second-order valence-electron chi connectivity index (χ2n) is 3.00.